The number of hydrogen-bond acceptors (Lipinski definition) is 3. The Morgan fingerprint density at radius 3 is 2.76 bits per heavy atom. The lowest BCUT2D eigenvalue weighted by Crippen LogP contribution is -2.32. The van der Waals surface area contributed by atoms with Gasteiger partial charge >= 0.3 is 6.03 Å². The average Bonchev–Trinajstić information content (AvgIpc) is 3.10. The smallest absolute Gasteiger partial charge is 0.319 e. The maximum Gasteiger partial charge on any atom is 0.319 e. The average molecular weight is 390 g/mol. The van der Waals surface area contributed by atoms with E-state index in [4.69, 9.17) is 5.10 Å². The molecule has 0 saturated carbocycles. The Kier molecular flexibility index (Phi) is 5.60. The fourth-order valence-electron chi connectivity index (χ4n) is 3.83. The van der Waals surface area contributed by atoms with Crippen molar-refractivity contribution in [3.8, 4) is 11.4 Å². The summed E-state index contributed by atoms with van der Waals surface area (Å²) in [5, 5.41) is 10.7. The first-order chi connectivity index (χ1) is 14.1. The summed E-state index contributed by atoms with van der Waals surface area (Å²) in [5.74, 6) is 0. The largest absolute Gasteiger partial charge is 0.336 e. The molecular weight excluding hydrogens is 362 g/mol. The number of rotatable bonds is 5. The zero-order chi connectivity index (χ0) is 20.2. The van der Waals surface area contributed by atoms with Crippen LogP contribution in [0.5, 0.6) is 0 Å². The van der Waals surface area contributed by atoms with Crippen molar-refractivity contribution in [1.82, 2.24) is 20.1 Å². The molecule has 2 N–H and O–H groups in total. The van der Waals surface area contributed by atoms with Gasteiger partial charge in [0.1, 0.15) is 5.69 Å². The van der Waals surface area contributed by atoms with Crippen molar-refractivity contribution in [1.29, 1.82) is 0 Å². The highest BCUT2D eigenvalue weighted by atomic mass is 16.2. The SMILES string of the molecule is Cc1ccc(NC(=O)NCCn2nc(-c3ccccn3)c3c2CCCC3)cc1C. The van der Waals surface area contributed by atoms with Crippen molar-refractivity contribution >= 4 is 11.7 Å². The summed E-state index contributed by atoms with van der Waals surface area (Å²) >= 11 is 0. The monoisotopic (exact) mass is 389 g/mol. The van der Waals surface area contributed by atoms with Crippen LogP contribution in [0.1, 0.15) is 35.2 Å². The molecule has 150 valence electrons. The Bertz CT molecular complexity index is 1010. The summed E-state index contributed by atoms with van der Waals surface area (Å²) in [7, 11) is 0. The number of amides is 2. The van der Waals surface area contributed by atoms with E-state index >= 15 is 0 Å². The molecule has 29 heavy (non-hydrogen) atoms. The lowest BCUT2D eigenvalue weighted by molar-refractivity contribution is 0.251. The molecule has 0 spiro atoms. The first-order valence-electron chi connectivity index (χ1n) is 10.2. The van der Waals surface area contributed by atoms with Gasteiger partial charge in [0, 0.05) is 29.7 Å². The minimum atomic E-state index is -0.195. The van der Waals surface area contributed by atoms with Crippen LogP contribution in [0.4, 0.5) is 10.5 Å². The third kappa shape index (κ3) is 4.31. The molecule has 6 nitrogen and oxygen atoms in total. The molecule has 0 unspecified atom stereocenters. The van der Waals surface area contributed by atoms with Gasteiger partial charge in [0.25, 0.3) is 0 Å². The number of nitrogens with one attached hydrogen (secondary N) is 2. The van der Waals surface area contributed by atoms with E-state index < -0.39 is 0 Å². The maximum atomic E-state index is 12.3. The summed E-state index contributed by atoms with van der Waals surface area (Å²) in [6.45, 7) is 5.27. The summed E-state index contributed by atoms with van der Waals surface area (Å²) in [6.07, 6.45) is 6.25. The number of carbonyl (C=O) groups excluding carboxylic acids is 1. The van der Waals surface area contributed by atoms with Crippen LogP contribution < -0.4 is 10.6 Å². The molecule has 2 aromatic heterocycles. The molecule has 2 heterocycles. The van der Waals surface area contributed by atoms with Gasteiger partial charge in [-0.2, -0.15) is 5.10 Å². The van der Waals surface area contributed by atoms with Gasteiger partial charge in [-0.15, -0.1) is 0 Å². The second kappa shape index (κ2) is 8.47. The number of aromatic nitrogens is 3. The molecule has 1 aliphatic rings. The number of aryl methyl sites for hydroxylation is 2. The molecule has 0 saturated heterocycles. The molecule has 3 aromatic rings. The van der Waals surface area contributed by atoms with E-state index in [1.165, 1.54) is 29.7 Å². The van der Waals surface area contributed by atoms with Crippen molar-refractivity contribution in [2.24, 2.45) is 0 Å². The molecule has 2 amide bonds. The van der Waals surface area contributed by atoms with Crippen molar-refractivity contribution in [3.63, 3.8) is 0 Å². The van der Waals surface area contributed by atoms with Gasteiger partial charge in [-0.25, -0.2) is 4.79 Å². The quantitative estimate of drug-likeness (QED) is 0.685. The number of pyridine rings is 1. The predicted octanol–water partition coefficient (Wildman–Crippen LogP) is 4.26. The van der Waals surface area contributed by atoms with E-state index in [9.17, 15) is 4.79 Å². The van der Waals surface area contributed by atoms with Crippen LogP contribution >= 0.6 is 0 Å². The second-order valence-electron chi connectivity index (χ2n) is 7.60. The zero-order valence-electron chi connectivity index (χ0n) is 17.0. The third-order valence-corrected chi connectivity index (χ3v) is 5.54. The minimum Gasteiger partial charge on any atom is -0.336 e. The Morgan fingerprint density at radius 1 is 1.10 bits per heavy atom. The zero-order valence-corrected chi connectivity index (χ0v) is 17.0. The fourth-order valence-corrected chi connectivity index (χ4v) is 3.83. The number of benzene rings is 1. The summed E-state index contributed by atoms with van der Waals surface area (Å²) in [6, 6.07) is 11.7. The van der Waals surface area contributed by atoms with Crippen molar-refractivity contribution in [2.75, 3.05) is 11.9 Å². The number of urea groups is 1. The second-order valence-corrected chi connectivity index (χ2v) is 7.60. The van der Waals surface area contributed by atoms with E-state index in [0.29, 0.717) is 13.1 Å². The van der Waals surface area contributed by atoms with Gasteiger partial charge in [0.2, 0.25) is 0 Å². The van der Waals surface area contributed by atoms with E-state index in [2.05, 4.69) is 27.2 Å². The molecular formula is C23H27N5O. The van der Waals surface area contributed by atoms with Crippen LogP contribution in [0.15, 0.2) is 42.6 Å². The van der Waals surface area contributed by atoms with Crippen LogP contribution in [0, 0.1) is 13.8 Å². The topological polar surface area (TPSA) is 71.8 Å². The molecule has 0 fully saturated rings. The first-order valence-corrected chi connectivity index (χ1v) is 10.2. The summed E-state index contributed by atoms with van der Waals surface area (Å²) in [5.41, 5.74) is 7.68. The number of nitrogens with zero attached hydrogens (tertiary/aromatic N) is 3. The van der Waals surface area contributed by atoms with Crippen molar-refractivity contribution in [2.45, 2.75) is 46.1 Å². The lowest BCUT2D eigenvalue weighted by Gasteiger charge is -2.14. The van der Waals surface area contributed by atoms with Gasteiger partial charge in [-0.3, -0.25) is 9.67 Å². The Hall–Kier alpha value is -3.15. The molecule has 0 aliphatic heterocycles. The van der Waals surface area contributed by atoms with Gasteiger partial charge in [-0.05, 0) is 74.9 Å². The van der Waals surface area contributed by atoms with E-state index in [1.54, 1.807) is 0 Å². The van der Waals surface area contributed by atoms with Crippen LogP contribution in [0.25, 0.3) is 11.4 Å². The van der Waals surface area contributed by atoms with Gasteiger partial charge in [0.05, 0.1) is 12.2 Å². The molecule has 1 aliphatic carbocycles. The molecule has 0 radical (unpaired) electrons. The van der Waals surface area contributed by atoms with Gasteiger partial charge in [-0.1, -0.05) is 12.1 Å². The highest BCUT2D eigenvalue weighted by Crippen LogP contribution is 2.30. The molecule has 0 atom stereocenters. The van der Waals surface area contributed by atoms with E-state index in [-0.39, 0.29) is 6.03 Å². The van der Waals surface area contributed by atoms with Gasteiger partial charge < -0.3 is 10.6 Å². The first kappa shape index (κ1) is 19.2. The number of carbonyl (C=O) groups is 1. The maximum absolute atomic E-state index is 12.3. The highest BCUT2D eigenvalue weighted by Gasteiger charge is 2.22. The Morgan fingerprint density at radius 2 is 1.97 bits per heavy atom. The number of fused-ring (bicyclic) bond motifs is 1. The number of hydrogen-bond donors (Lipinski definition) is 2. The predicted molar refractivity (Wildman–Crippen MR) is 115 cm³/mol. The Labute approximate surface area is 171 Å². The van der Waals surface area contributed by atoms with E-state index in [1.807, 2.05) is 49.5 Å². The minimum absolute atomic E-state index is 0.195. The normalized spacial score (nSPS) is 13.0. The highest BCUT2D eigenvalue weighted by molar-refractivity contribution is 5.89. The summed E-state index contributed by atoms with van der Waals surface area (Å²) < 4.78 is 2.05. The molecule has 6 heteroatoms. The van der Waals surface area contributed by atoms with Crippen LogP contribution in [-0.2, 0) is 19.4 Å². The summed E-state index contributed by atoms with van der Waals surface area (Å²) in [4.78, 5) is 16.7. The fraction of sp³-hybridized carbons (Fsp3) is 0.348. The van der Waals surface area contributed by atoms with E-state index in [0.717, 1.165) is 35.5 Å². The van der Waals surface area contributed by atoms with Crippen molar-refractivity contribution in [3.05, 3.63) is 65.0 Å². The molecule has 4 rings (SSSR count). The van der Waals surface area contributed by atoms with Crippen LogP contribution in [0.3, 0.4) is 0 Å². The molecule has 1 aromatic carbocycles. The standard InChI is InChI=1S/C23H27N5O/c1-16-10-11-18(15-17(16)2)26-23(29)25-13-14-28-21-9-4-3-7-19(21)22(27-28)20-8-5-6-12-24-20/h5-6,8,10-12,15H,3-4,7,9,13-14H2,1-2H3,(H2,25,26,29). The lowest BCUT2D eigenvalue weighted by atomic mass is 9.95. The van der Waals surface area contributed by atoms with Crippen LogP contribution in [0.2, 0.25) is 0 Å². The van der Waals surface area contributed by atoms with Gasteiger partial charge in [0.15, 0.2) is 0 Å². The molecule has 0 bridgehead atoms. The number of anilines is 1. The van der Waals surface area contributed by atoms with Crippen molar-refractivity contribution < 1.29 is 4.79 Å². The van der Waals surface area contributed by atoms with Crippen LogP contribution in [-0.4, -0.2) is 27.3 Å². The Balaban J connectivity index is 1.41. The third-order valence-electron chi connectivity index (χ3n) is 5.54.